The Bertz CT molecular complexity index is 1960. The van der Waals surface area contributed by atoms with E-state index in [0.717, 1.165) is 52.9 Å². The number of nitrogens with two attached hydrogens (primary N) is 1. The minimum absolute atomic E-state index is 0.0113. The summed E-state index contributed by atoms with van der Waals surface area (Å²) in [6.07, 6.45) is 5.78. The van der Waals surface area contributed by atoms with E-state index in [1.54, 1.807) is 12.1 Å². The first kappa shape index (κ1) is 39.7. The largest absolute Gasteiger partial charge is 0.397 e. The highest BCUT2D eigenvalue weighted by Gasteiger charge is 2.50. The highest BCUT2D eigenvalue weighted by atomic mass is 16.7. The van der Waals surface area contributed by atoms with Crippen LogP contribution in [0.3, 0.4) is 0 Å². The summed E-state index contributed by atoms with van der Waals surface area (Å²) in [4.78, 5) is 27.8. The van der Waals surface area contributed by atoms with Crippen LogP contribution in [0.1, 0.15) is 107 Å². The maximum atomic E-state index is 12.8. The number of amides is 2. The van der Waals surface area contributed by atoms with Crippen LogP contribution in [0.25, 0.3) is 11.1 Å². The van der Waals surface area contributed by atoms with Crippen LogP contribution in [0.4, 0.5) is 11.4 Å². The third kappa shape index (κ3) is 9.87. The van der Waals surface area contributed by atoms with Crippen LogP contribution in [0.15, 0.2) is 97.1 Å². The van der Waals surface area contributed by atoms with Crippen LogP contribution in [-0.2, 0) is 32.2 Å². The molecule has 3 aliphatic rings. The molecule has 4 aromatic rings. The van der Waals surface area contributed by atoms with Crippen molar-refractivity contribution in [3.63, 3.8) is 0 Å². The maximum absolute atomic E-state index is 12.8. The predicted octanol–water partition coefficient (Wildman–Crippen LogP) is 8.69. The summed E-state index contributed by atoms with van der Waals surface area (Å²) in [6.45, 7) is 9.73. The van der Waals surface area contributed by atoms with Gasteiger partial charge < -0.3 is 30.9 Å². The van der Waals surface area contributed by atoms with E-state index in [-0.39, 0.29) is 30.6 Å². The molecule has 9 heteroatoms. The molecule has 2 saturated heterocycles. The van der Waals surface area contributed by atoms with E-state index in [1.807, 2.05) is 42.5 Å². The Kier molecular flexibility index (Phi) is 12.3. The number of hydrogen-bond donors (Lipinski definition) is 4. The molecule has 0 radical (unpaired) electrons. The SMILES string of the molecule is CC1(C)CC2CC(C)(CN2C[C@H]2C[C@@H](c3ccc(CO)cc3)O[C@@H](c3ccc(-c4ccccc4CNC(=O)CCCCC(=O)Nc4ccccc4N)cc3)O2)C1. The third-order valence-corrected chi connectivity index (χ3v) is 11.9. The highest BCUT2D eigenvalue weighted by Crippen LogP contribution is 2.53. The van der Waals surface area contributed by atoms with Gasteiger partial charge in [-0.1, -0.05) is 106 Å². The number of nitrogen functional groups attached to an aromatic ring is 1. The average molecular weight is 759 g/mol. The number of likely N-dealkylation sites (tertiary alicyclic amines) is 1. The van der Waals surface area contributed by atoms with Crippen LogP contribution in [-0.4, -0.2) is 47.1 Å². The van der Waals surface area contributed by atoms with Crippen molar-refractivity contribution in [2.24, 2.45) is 10.8 Å². The molecule has 0 aromatic heterocycles. The molecule has 1 saturated carbocycles. The van der Waals surface area contributed by atoms with E-state index in [0.29, 0.717) is 60.5 Å². The fourth-order valence-electron chi connectivity index (χ4n) is 9.54. The lowest BCUT2D eigenvalue weighted by Crippen LogP contribution is -2.42. The van der Waals surface area contributed by atoms with Gasteiger partial charge in [0, 0.05) is 50.5 Å². The van der Waals surface area contributed by atoms with Gasteiger partial charge in [-0.25, -0.2) is 0 Å². The first-order valence-corrected chi connectivity index (χ1v) is 20.3. The molecule has 2 amide bonds. The quantitative estimate of drug-likeness (QED) is 0.0749. The number of para-hydroxylation sites is 2. The van der Waals surface area contributed by atoms with Crippen LogP contribution < -0.4 is 16.4 Å². The van der Waals surface area contributed by atoms with Crippen molar-refractivity contribution in [2.45, 2.75) is 110 Å². The Hall–Kier alpha value is -4.54. The number of ether oxygens (including phenoxy) is 2. The summed E-state index contributed by atoms with van der Waals surface area (Å²) in [6, 6.07) is 32.4. The molecule has 2 heterocycles. The summed E-state index contributed by atoms with van der Waals surface area (Å²) in [5.74, 6) is -0.152. The highest BCUT2D eigenvalue weighted by molar-refractivity contribution is 5.93. The van der Waals surface area contributed by atoms with Gasteiger partial charge in [-0.2, -0.15) is 0 Å². The Morgan fingerprint density at radius 2 is 1.54 bits per heavy atom. The van der Waals surface area contributed by atoms with Gasteiger partial charge in [0.05, 0.1) is 30.2 Å². The molecule has 56 heavy (non-hydrogen) atoms. The molecule has 3 fully saturated rings. The van der Waals surface area contributed by atoms with Crippen molar-refractivity contribution in [2.75, 3.05) is 24.1 Å². The Morgan fingerprint density at radius 1 is 0.839 bits per heavy atom. The lowest BCUT2D eigenvalue weighted by atomic mass is 9.65. The summed E-state index contributed by atoms with van der Waals surface area (Å²) < 4.78 is 13.5. The van der Waals surface area contributed by atoms with E-state index in [9.17, 15) is 14.7 Å². The van der Waals surface area contributed by atoms with E-state index >= 15 is 0 Å². The van der Waals surface area contributed by atoms with Crippen molar-refractivity contribution in [3.8, 4) is 11.1 Å². The minimum atomic E-state index is -0.517. The van der Waals surface area contributed by atoms with Crippen molar-refractivity contribution in [1.82, 2.24) is 10.2 Å². The lowest BCUT2D eigenvalue weighted by molar-refractivity contribution is -0.253. The number of benzene rings is 4. The number of hydrogen-bond acceptors (Lipinski definition) is 7. The zero-order valence-electron chi connectivity index (χ0n) is 33.1. The first-order valence-electron chi connectivity index (χ1n) is 20.3. The van der Waals surface area contributed by atoms with Crippen molar-refractivity contribution in [3.05, 3.63) is 119 Å². The monoisotopic (exact) mass is 758 g/mol. The second-order valence-electron chi connectivity index (χ2n) is 17.4. The van der Waals surface area contributed by atoms with Gasteiger partial charge in [0.1, 0.15) is 0 Å². The first-order chi connectivity index (χ1) is 27.0. The topological polar surface area (TPSA) is 126 Å². The number of nitrogens with zero attached hydrogens (tertiary/aromatic N) is 1. The fraction of sp³-hybridized carbons (Fsp3) is 0.447. The third-order valence-electron chi connectivity index (χ3n) is 11.9. The summed E-state index contributed by atoms with van der Waals surface area (Å²) >= 11 is 0. The van der Waals surface area contributed by atoms with Crippen molar-refractivity contribution >= 4 is 23.2 Å². The van der Waals surface area contributed by atoms with Gasteiger partial charge in [0.2, 0.25) is 11.8 Å². The number of anilines is 2. The number of aliphatic hydroxyl groups excluding tert-OH is 1. The van der Waals surface area contributed by atoms with Gasteiger partial charge >= 0.3 is 0 Å². The normalized spacial score (nSPS) is 24.4. The van der Waals surface area contributed by atoms with Gasteiger partial charge in [0.25, 0.3) is 0 Å². The zero-order valence-corrected chi connectivity index (χ0v) is 33.1. The number of carbonyl (C=O) groups is 2. The van der Waals surface area contributed by atoms with E-state index in [1.165, 1.54) is 19.3 Å². The summed E-state index contributed by atoms with van der Waals surface area (Å²) in [7, 11) is 0. The summed E-state index contributed by atoms with van der Waals surface area (Å²) in [5.41, 5.74) is 13.8. The molecule has 0 spiro atoms. The van der Waals surface area contributed by atoms with Gasteiger partial charge in [0.15, 0.2) is 6.29 Å². The molecule has 9 nitrogen and oxygen atoms in total. The zero-order chi connectivity index (χ0) is 39.3. The Labute approximate surface area is 332 Å². The molecular weight excluding hydrogens is 701 g/mol. The summed E-state index contributed by atoms with van der Waals surface area (Å²) in [5, 5.41) is 15.6. The van der Waals surface area contributed by atoms with E-state index in [2.05, 4.69) is 78.8 Å². The molecule has 7 rings (SSSR count). The van der Waals surface area contributed by atoms with Crippen LogP contribution in [0.5, 0.6) is 0 Å². The standard InChI is InChI=1S/C47H58N4O5/c1-46(2)25-37-26-47(3,30-46)31-51(37)28-38-24-42(34-18-16-32(29-52)17-19-34)56-45(55-38)35-22-20-33(21-23-35)39-11-5-4-10-36(39)27-49-43(53)14-8-9-15-44(54)50-41-13-7-6-12-40(41)48/h4-7,10-13,16-23,37-38,42,45,52H,8-9,14-15,24-31,48H2,1-3H3,(H,49,53)(H,50,54)/t37?,38-,42+,45+,47?/m1/s1. The second-order valence-corrected chi connectivity index (χ2v) is 17.4. The smallest absolute Gasteiger partial charge is 0.224 e. The van der Waals surface area contributed by atoms with Crippen molar-refractivity contribution < 1.29 is 24.2 Å². The van der Waals surface area contributed by atoms with E-state index in [4.69, 9.17) is 15.2 Å². The van der Waals surface area contributed by atoms with Crippen LogP contribution in [0.2, 0.25) is 0 Å². The number of rotatable bonds is 14. The van der Waals surface area contributed by atoms with Gasteiger partial charge in [-0.15, -0.1) is 0 Å². The van der Waals surface area contributed by atoms with Crippen LogP contribution in [0, 0.1) is 10.8 Å². The number of fused-ring (bicyclic) bond motifs is 2. The molecule has 296 valence electrons. The Morgan fingerprint density at radius 3 is 2.29 bits per heavy atom. The number of aliphatic hydroxyl groups is 1. The average Bonchev–Trinajstić information content (AvgIpc) is 3.43. The maximum Gasteiger partial charge on any atom is 0.224 e. The number of carbonyl (C=O) groups excluding carboxylic acids is 2. The number of nitrogens with one attached hydrogen (secondary N) is 2. The molecule has 1 aliphatic carbocycles. The predicted molar refractivity (Wildman–Crippen MR) is 221 cm³/mol. The van der Waals surface area contributed by atoms with Gasteiger partial charge in [-0.05, 0) is 82.9 Å². The molecule has 2 aliphatic heterocycles. The number of unbranched alkanes of at least 4 members (excludes halogenated alkanes) is 1. The lowest BCUT2D eigenvalue weighted by Gasteiger charge is -2.41. The molecule has 2 unspecified atom stereocenters. The molecule has 4 aromatic carbocycles. The minimum Gasteiger partial charge on any atom is -0.397 e. The molecule has 5 atom stereocenters. The fourth-order valence-corrected chi connectivity index (χ4v) is 9.54. The molecule has 5 N–H and O–H groups in total. The molecule has 2 bridgehead atoms. The van der Waals surface area contributed by atoms with Gasteiger partial charge in [-0.3, -0.25) is 14.5 Å². The Balaban J connectivity index is 0.971. The van der Waals surface area contributed by atoms with Crippen LogP contribution >= 0.6 is 0 Å². The second kappa shape index (κ2) is 17.3. The van der Waals surface area contributed by atoms with E-state index < -0.39 is 6.29 Å². The molecular formula is C47H58N4O5. The van der Waals surface area contributed by atoms with Crippen molar-refractivity contribution in [1.29, 1.82) is 0 Å².